The molecule has 0 radical (unpaired) electrons. The normalized spacial score (nSPS) is 25.4. The Morgan fingerprint density at radius 2 is 1.75 bits per heavy atom. The number of carbonyl (C=O) groups is 1. The van der Waals surface area contributed by atoms with Gasteiger partial charge in [-0.05, 0) is 61.7 Å². The smallest absolute Gasteiger partial charge is 0.251 e. The molecule has 4 rings (SSSR count). The zero-order valence-corrected chi connectivity index (χ0v) is 14.5. The van der Waals surface area contributed by atoms with Crippen molar-refractivity contribution in [1.29, 1.82) is 0 Å². The van der Waals surface area contributed by atoms with Crippen molar-refractivity contribution in [2.75, 3.05) is 19.6 Å². The molecule has 0 spiro atoms. The maximum absolute atomic E-state index is 12.5. The van der Waals surface area contributed by atoms with Gasteiger partial charge in [-0.15, -0.1) is 0 Å². The molecule has 1 N–H and O–H groups in total. The molecule has 2 aromatic rings. The molecule has 2 aliphatic heterocycles. The molecule has 0 aromatic heterocycles. The molecule has 2 aliphatic rings. The SMILES string of the molecule is O=C(NC1CC2CCN(C2)C1)c1ccc(Sc2ccccc2)cc1. The van der Waals surface area contributed by atoms with Gasteiger partial charge in [-0.25, -0.2) is 0 Å². The molecule has 3 nitrogen and oxygen atoms in total. The third kappa shape index (κ3) is 3.65. The van der Waals surface area contributed by atoms with Gasteiger partial charge in [-0.3, -0.25) is 4.79 Å². The summed E-state index contributed by atoms with van der Waals surface area (Å²) >= 11 is 1.71. The monoisotopic (exact) mass is 338 g/mol. The summed E-state index contributed by atoms with van der Waals surface area (Å²) in [4.78, 5) is 17.3. The fraction of sp³-hybridized carbons (Fsp3) is 0.350. The standard InChI is InChI=1S/C20H22N2OS/c23-20(21-17-12-15-10-11-22(13-15)14-17)16-6-8-19(9-7-16)24-18-4-2-1-3-5-18/h1-9,15,17H,10-14H2,(H,21,23). The first-order chi connectivity index (χ1) is 11.8. The molecule has 2 bridgehead atoms. The van der Waals surface area contributed by atoms with Crippen LogP contribution in [0.5, 0.6) is 0 Å². The number of amides is 1. The van der Waals surface area contributed by atoms with E-state index in [4.69, 9.17) is 0 Å². The van der Waals surface area contributed by atoms with Gasteiger partial charge in [0.2, 0.25) is 0 Å². The third-order valence-corrected chi connectivity index (χ3v) is 5.91. The Hall–Kier alpha value is -1.78. The second-order valence-electron chi connectivity index (χ2n) is 6.76. The average molecular weight is 338 g/mol. The number of benzene rings is 2. The Balaban J connectivity index is 1.36. The van der Waals surface area contributed by atoms with E-state index in [1.165, 1.54) is 24.4 Å². The number of carbonyl (C=O) groups excluding carboxylic acids is 1. The molecular formula is C20H22N2OS. The minimum absolute atomic E-state index is 0.0544. The molecule has 0 saturated carbocycles. The number of nitrogens with zero attached hydrogens (tertiary/aromatic N) is 1. The van der Waals surface area contributed by atoms with E-state index in [0.29, 0.717) is 6.04 Å². The summed E-state index contributed by atoms with van der Waals surface area (Å²) < 4.78 is 0. The molecule has 1 amide bonds. The number of rotatable bonds is 4. The number of nitrogens with one attached hydrogen (secondary N) is 1. The number of piperidine rings is 1. The second kappa shape index (κ2) is 6.99. The predicted molar refractivity (Wildman–Crippen MR) is 97.4 cm³/mol. The zero-order valence-electron chi connectivity index (χ0n) is 13.7. The molecule has 2 fully saturated rings. The summed E-state index contributed by atoms with van der Waals surface area (Å²) in [6.45, 7) is 3.42. The van der Waals surface area contributed by atoms with Crippen molar-refractivity contribution in [3.05, 3.63) is 60.2 Å². The van der Waals surface area contributed by atoms with Crippen LogP contribution in [0.2, 0.25) is 0 Å². The van der Waals surface area contributed by atoms with Crippen LogP contribution in [-0.4, -0.2) is 36.5 Å². The first-order valence-corrected chi connectivity index (χ1v) is 9.44. The Morgan fingerprint density at radius 1 is 1.00 bits per heavy atom. The lowest BCUT2D eigenvalue weighted by atomic mass is 9.96. The topological polar surface area (TPSA) is 32.3 Å². The lowest BCUT2D eigenvalue weighted by Crippen LogP contribution is -2.47. The van der Waals surface area contributed by atoms with E-state index in [1.807, 2.05) is 42.5 Å². The fourth-order valence-electron chi connectivity index (χ4n) is 3.73. The first-order valence-electron chi connectivity index (χ1n) is 8.62. The zero-order chi connectivity index (χ0) is 16.4. The highest BCUT2D eigenvalue weighted by Gasteiger charge is 2.32. The summed E-state index contributed by atoms with van der Waals surface area (Å²) in [6, 6.07) is 18.5. The van der Waals surface area contributed by atoms with Crippen molar-refractivity contribution in [2.45, 2.75) is 28.7 Å². The predicted octanol–water partition coefficient (Wildman–Crippen LogP) is 3.66. The van der Waals surface area contributed by atoms with Crippen molar-refractivity contribution < 1.29 is 4.79 Å². The van der Waals surface area contributed by atoms with Crippen LogP contribution in [0.3, 0.4) is 0 Å². The second-order valence-corrected chi connectivity index (χ2v) is 7.91. The van der Waals surface area contributed by atoms with Crippen LogP contribution in [0.25, 0.3) is 0 Å². The highest BCUT2D eigenvalue weighted by atomic mass is 32.2. The summed E-state index contributed by atoms with van der Waals surface area (Å²) in [5.74, 6) is 0.826. The first kappa shape index (κ1) is 15.7. The Morgan fingerprint density at radius 3 is 2.50 bits per heavy atom. The van der Waals surface area contributed by atoms with E-state index in [2.05, 4.69) is 22.3 Å². The van der Waals surface area contributed by atoms with E-state index in [9.17, 15) is 4.79 Å². The summed E-state index contributed by atoms with van der Waals surface area (Å²) in [7, 11) is 0. The van der Waals surface area contributed by atoms with Crippen LogP contribution in [0.4, 0.5) is 0 Å². The van der Waals surface area contributed by atoms with E-state index in [0.717, 1.165) is 29.3 Å². The minimum atomic E-state index is 0.0544. The third-order valence-electron chi connectivity index (χ3n) is 4.90. The van der Waals surface area contributed by atoms with Crippen LogP contribution >= 0.6 is 11.8 Å². The van der Waals surface area contributed by atoms with Gasteiger partial charge in [0.1, 0.15) is 0 Å². The lowest BCUT2D eigenvalue weighted by Gasteiger charge is -2.30. The molecule has 24 heavy (non-hydrogen) atoms. The fourth-order valence-corrected chi connectivity index (χ4v) is 4.57. The van der Waals surface area contributed by atoms with E-state index in [-0.39, 0.29) is 5.91 Å². The largest absolute Gasteiger partial charge is 0.348 e. The van der Waals surface area contributed by atoms with Crippen molar-refractivity contribution in [1.82, 2.24) is 10.2 Å². The molecule has 3 atom stereocenters. The summed E-state index contributed by atoms with van der Waals surface area (Å²) in [5.41, 5.74) is 0.750. The Labute approximate surface area is 147 Å². The maximum Gasteiger partial charge on any atom is 0.251 e. The molecular weight excluding hydrogens is 316 g/mol. The molecule has 2 heterocycles. The van der Waals surface area contributed by atoms with Crippen LogP contribution in [0.15, 0.2) is 64.4 Å². The van der Waals surface area contributed by atoms with E-state index < -0.39 is 0 Å². The average Bonchev–Trinajstić information content (AvgIpc) is 2.95. The highest BCUT2D eigenvalue weighted by molar-refractivity contribution is 7.99. The van der Waals surface area contributed by atoms with Crippen molar-refractivity contribution in [3.8, 4) is 0 Å². The van der Waals surface area contributed by atoms with Crippen LogP contribution < -0.4 is 5.32 Å². The Bertz CT molecular complexity index is 689. The van der Waals surface area contributed by atoms with Crippen LogP contribution in [-0.2, 0) is 0 Å². The van der Waals surface area contributed by atoms with Gasteiger partial charge in [-0.2, -0.15) is 0 Å². The van der Waals surface area contributed by atoms with E-state index >= 15 is 0 Å². The molecule has 3 unspecified atom stereocenters. The summed E-state index contributed by atoms with van der Waals surface area (Å²) in [5, 5.41) is 3.22. The van der Waals surface area contributed by atoms with Gasteiger partial charge in [-0.1, -0.05) is 30.0 Å². The van der Waals surface area contributed by atoms with Gasteiger partial charge in [0.05, 0.1) is 0 Å². The number of hydrogen-bond donors (Lipinski definition) is 1. The maximum atomic E-state index is 12.5. The lowest BCUT2D eigenvalue weighted by molar-refractivity contribution is 0.0909. The molecule has 2 aromatic carbocycles. The Kier molecular flexibility index (Phi) is 4.58. The molecule has 2 saturated heterocycles. The van der Waals surface area contributed by atoms with Gasteiger partial charge < -0.3 is 10.2 Å². The number of fused-ring (bicyclic) bond motifs is 2. The highest BCUT2D eigenvalue weighted by Crippen LogP contribution is 2.28. The van der Waals surface area contributed by atoms with Crippen molar-refractivity contribution in [2.24, 2.45) is 5.92 Å². The minimum Gasteiger partial charge on any atom is -0.348 e. The van der Waals surface area contributed by atoms with Crippen molar-refractivity contribution >= 4 is 17.7 Å². The van der Waals surface area contributed by atoms with Gasteiger partial charge >= 0.3 is 0 Å². The van der Waals surface area contributed by atoms with Crippen molar-refractivity contribution in [3.63, 3.8) is 0 Å². The van der Waals surface area contributed by atoms with Gasteiger partial charge in [0.25, 0.3) is 5.91 Å². The van der Waals surface area contributed by atoms with Crippen LogP contribution in [0, 0.1) is 5.92 Å². The molecule has 0 aliphatic carbocycles. The molecule has 124 valence electrons. The van der Waals surface area contributed by atoms with E-state index in [1.54, 1.807) is 11.8 Å². The molecule has 4 heteroatoms. The van der Waals surface area contributed by atoms with Gasteiger partial charge in [0, 0.05) is 34.5 Å². The summed E-state index contributed by atoms with van der Waals surface area (Å²) in [6.07, 6.45) is 2.42. The van der Waals surface area contributed by atoms with Gasteiger partial charge in [0.15, 0.2) is 0 Å². The van der Waals surface area contributed by atoms with Crippen LogP contribution in [0.1, 0.15) is 23.2 Å². The quantitative estimate of drug-likeness (QED) is 0.923. The number of hydrogen-bond acceptors (Lipinski definition) is 3.